The van der Waals surface area contributed by atoms with Crippen LogP contribution < -0.4 is 10.2 Å². The number of amides is 1. The Labute approximate surface area is 179 Å². The number of carbonyl (C=O) groups excluding carboxylic acids is 1. The lowest BCUT2D eigenvalue weighted by Crippen LogP contribution is -2.22. The van der Waals surface area contributed by atoms with Crippen LogP contribution in [0.1, 0.15) is 44.1 Å². The van der Waals surface area contributed by atoms with E-state index in [4.69, 9.17) is 4.42 Å². The van der Waals surface area contributed by atoms with Crippen molar-refractivity contribution < 1.29 is 9.21 Å². The van der Waals surface area contributed by atoms with E-state index in [0.717, 1.165) is 37.6 Å². The molecule has 0 aliphatic carbocycles. The third-order valence-electron chi connectivity index (χ3n) is 4.81. The minimum Gasteiger partial charge on any atom is -0.408 e. The normalized spacial score (nSPS) is 13.9. The third-order valence-corrected chi connectivity index (χ3v) is 5.74. The van der Waals surface area contributed by atoms with Gasteiger partial charge in [0, 0.05) is 19.0 Å². The van der Waals surface area contributed by atoms with Gasteiger partial charge in [0.2, 0.25) is 17.7 Å². The lowest BCUT2D eigenvalue weighted by Gasteiger charge is -2.18. The lowest BCUT2D eigenvalue weighted by molar-refractivity contribution is -0.113. The fourth-order valence-corrected chi connectivity index (χ4v) is 3.95. The summed E-state index contributed by atoms with van der Waals surface area (Å²) in [5.41, 5.74) is 2.16. The molecule has 1 fully saturated rings. The molecule has 0 spiro atoms. The van der Waals surface area contributed by atoms with Gasteiger partial charge in [-0.05, 0) is 31.9 Å². The van der Waals surface area contributed by atoms with Gasteiger partial charge >= 0.3 is 6.01 Å². The Morgan fingerprint density at radius 1 is 1.13 bits per heavy atom. The Hall–Kier alpha value is -2.88. The molecule has 0 unspecified atom stereocenters. The van der Waals surface area contributed by atoms with E-state index in [-0.39, 0.29) is 23.6 Å². The van der Waals surface area contributed by atoms with Gasteiger partial charge in [0.25, 0.3) is 0 Å². The number of anilines is 2. The zero-order valence-electron chi connectivity index (χ0n) is 17.3. The Bertz CT molecular complexity index is 1010. The van der Waals surface area contributed by atoms with Crippen molar-refractivity contribution >= 4 is 29.6 Å². The van der Waals surface area contributed by atoms with Gasteiger partial charge < -0.3 is 9.32 Å². The SMILES string of the molecule is Cc1ccc(-n2c(SCC(=O)Nc3nnc(C(C)C)o3)nnc2N2CCCC2)cc1. The topological polar surface area (TPSA) is 102 Å². The molecule has 0 bridgehead atoms. The van der Waals surface area contributed by atoms with Gasteiger partial charge in [-0.15, -0.1) is 15.3 Å². The summed E-state index contributed by atoms with van der Waals surface area (Å²) in [6.07, 6.45) is 2.29. The summed E-state index contributed by atoms with van der Waals surface area (Å²) < 4.78 is 7.46. The molecule has 0 atom stereocenters. The molecule has 30 heavy (non-hydrogen) atoms. The molecule has 158 valence electrons. The number of nitrogens with one attached hydrogen (secondary N) is 1. The first-order valence-electron chi connectivity index (χ1n) is 10.0. The second-order valence-electron chi connectivity index (χ2n) is 7.58. The van der Waals surface area contributed by atoms with Crippen molar-refractivity contribution in [2.24, 2.45) is 0 Å². The predicted molar refractivity (Wildman–Crippen MR) is 115 cm³/mol. The molecule has 0 radical (unpaired) electrons. The molecule has 2 aromatic heterocycles. The van der Waals surface area contributed by atoms with E-state index >= 15 is 0 Å². The van der Waals surface area contributed by atoms with Crippen LogP contribution in [0.3, 0.4) is 0 Å². The average molecular weight is 428 g/mol. The molecule has 3 heterocycles. The van der Waals surface area contributed by atoms with E-state index in [2.05, 4.69) is 49.7 Å². The molecule has 1 aromatic carbocycles. The number of nitrogens with zero attached hydrogens (tertiary/aromatic N) is 6. The van der Waals surface area contributed by atoms with Gasteiger partial charge in [0.1, 0.15) is 0 Å². The summed E-state index contributed by atoms with van der Waals surface area (Å²) in [7, 11) is 0. The van der Waals surface area contributed by atoms with Crippen molar-refractivity contribution in [3.63, 3.8) is 0 Å². The van der Waals surface area contributed by atoms with Crippen LogP contribution in [-0.2, 0) is 4.79 Å². The van der Waals surface area contributed by atoms with Crippen molar-refractivity contribution in [3.05, 3.63) is 35.7 Å². The van der Waals surface area contributed by atoms with Crippen molar-refractivity contribution in [3.8, 4) is 5.69 Å². The van der Waals surface area contributed by atoms with Crippen LogP contribution in [0.15, 0.2) is 33.8 Å². The van der Waals surface area contributed by atoms with Crippen LogP contribution in [0.2, 0.25) is 0 Å². The molecular formula is C20H25N7O2S. The van der Waals surface area contributed by atoms with E-state index in [1.165, 1.54) is 17.3 Å². The number of thioether (sulfide) groups is 1. The summed E-state index contributed by atoms with van der Waals surface area (Å²) in [4.78, 5) is 14.6. The Balaban J connectivity index is 1.50. The highest BCUT2D eigenvalue weighted by atomic mass is 32.2. The van der Waals surface area contributed by atoms with Gasteiger partial charge in [0.15, 0.2) is 5.16 Å². The number of carbonyl (C=O) groups is 1. The summed E-state index contributed by atoms with van der Waals surface area (Å²) in [5, 5.41) is 19.9. The fraction of sp³-hybridized carbons (Fsp3) is 0.450. The van der Waals surface area contributed by atoms with Crippen molar-refractivity contribution in [1.82, 2.24) is 25.0 Å². The first kappa shape index (κ1) is 20.4. The van der Waals surface area contributed by atoms with E-state index in [1.54, 1.807) is 0 Å². The summed E-state index contributed by atoms with van der Waals surface area (Å²) >= 11 is 1.33. The van der Waals surface area contributed by atoms with Gasteiger partial charge in [0.05, 0.1) is 11.4 Å². The molecule has 1 aliphatic rings. The first-order valence-corrected chi connectivity index (χ1v) is 11.0. The molecular weight excluding hydrogens is 402 g/mol. The van der Waals surface area contributed by atoms with E-state index in [1.807, 2.05) is 30.5 Å². The monoisotopic (exact) mass is 427 g/mol. The number of aromatic nitrogens is 5. The van der Waals surface area contributed by atoms with Crippen molar-refractivity contribution in [1.29, 1.82) is 0 Å². The molecule has 10 heteroatoms. The van der Waals surface area contributed by atoms with E-state index in [0.29, 0.717) is 11.0 Å². The summed E-state index contributed by atoms with van der Waals surface area (Å²) in [6.45, 7) is 7.88. The Morgan fingerprint density at radius 2 is 1.87 bits per heavy atom. The number of rotatable bonds is 7. The van der Waals surface area contributed by atoms with Crippen molar-refractivity contribution in [2.75, 3.05) is 29.1 Å². The Kier molecular flexibility index (Phi) is 6.03. The van der Waals surface area contributed by atoms with Gasteiger partial charge in [-0.3, -0.25) is 14.7 Å². The smallest absolute Gasteiger partial charge is 0.322 e. The van der Waals surface area contributed by atoms with Gasteiger partial charge in [-0.2, -0.15) is 0 Å². The number of benzene rings is 1. The minimum absolute atomic E-state index is 0.106. The summed E-state index contributed by atoms with van der Waals surface area (Å²) in [6, 6.07) is 8.34. The number of hydrogen-bond acceptors (Lipinski definition) is 8. The van der Waals surface area contributed by atoms with Crippen LogP contribution in [-0.4, -0.2) is 49.7 Å². The lowest BCUT2D eigenvalue weighted by atomic mass is 10.2. The molecule has 1 amide bonds. The second-order valence-corrected chi connectivity index (χ2v) is 8.53. The van der Waals surface area contributed by atoms with Gasteiger partial charge in [-0.25, -0.2) is 0 Å². The molecule has 1 saturated heterocycles. The van der Waals surface area contributed by atoms with Crippen LogP contribution in [0, 0.1) is 6.92 Å². The zero-order valence-corrected chi connectivity index (χ0v) is 18.1. The zero-order chi connectivity index (χ0) is 21.1. The maximum absolute atomic E-state index is 12.4. The summed E-state index contributed by atoms with van der Waals surface area (Å²) in [5.74, 6) is 1.34. The van der Waals surface area contributed by atoms with E-state index in [9.17, 15) is 4.79 Å². The number of hydrogen-bond donors (Lipinski definition) is 1. The quantitative estimate of drug-likeness (QED) is 0.572. The van der Waals surface area contributed by atoms with Crippen LogP contribution in [0.4, 0.5) is 12.0 Å². The van der Waals surface area contributed by atoms with E-state index < -0.39 is 0 Å². The molecule has 4 rings (SSSR count). The average Bonchev–Trinajstić information content (AvgIpc) is 3.47. The molecule has 1 aliphatic heterocycles. The van der Waals surface area contributed by atoms with Gasteiger partial charge in [-0.1, -0.05) is 48.4 Å². The number of aryl methyl sites for hydroxylation is 1. The Morgan fingerprint density at radius 3 is 2.53 bits per heavy atom. The van der Waals surface area contributed by atoms with Crippen LogP contribution in [0.25, 0.3) is 5.69 Å². The molecule has 3 aromatic rings. The predicted octanol–water partition coefficient (Wildman–Crippen LogP) is 3.41. The van der Waals surface area contributed by atoms with Crippen LogP contribution in [0.5, 0.6) is 0 Å². The highest BCUT2D eigenvalue weighted by Crippen LogP contribution is 2.28. The molecule has 9 nitrogen and oxygen atoms in total. The van der Waals surface area contributed by atoms with Crippen molar-refractivity contribution in [2.45, 2.75) is 44.7 Å². The maximum atomic E-state index is 12.4. The molecule has 0 saturated carbocycles. The second kappa shape index (κ2) is 8.86. The van der Waals surface area contributed by atoms with Crippen LogP contribution >= 0.6 is 11.8 Å². The fourth-order valence-electron chi connectivity index (χ4n) is 3.20. The first-order chi connectivity index (χ1) is 14.5. The third kappa shape index (κ3) is 4.48. The standard InChI is InChI=1S/C20H25N7O2S/c1-13(2)17-22-23-18(29-17)21-16(28)12-30-20-25-24-19(26-10-4-5-11-26)27(20)15-8-6-14(3)7-9-15/h6-9,13H,4-5,10-12H2,1-3H3,(H,21,23,28). The molecule has 1 N–H and O–H groups in total. The highest BCUT2D eigenvalue weighted by Gasteiger charge is 2.23. The maximum Gasteiger partial charge on any atom is 0.322 e. The minimum atomic E-state index is -0.236. The largest absolute Gasteiger partial charge is 0.408 e. The highest BCUT2D eigenvalue weighted by molar-refractivity contribution is 7.99.